The Morgan fingerprint density at radius 2 is 2.20 bits per heavy atom. The Kier molecular flexibility index (Phi) is 5.22. The summed E-state index contributed by atoms with van der Waals surface area (Å²) in [6, 6.07) is 0. The highest BCUT2D eigenvalue weighted by molar-refractivity contribution is 5.78. The Hall–Kier alpha value is -0.370. The highest BCUT2D eigenvalue weighted by atomic mass is 16.1. The molecular weight excluding hydrogens is 126 g/mol. The van der Waals surface area contributed by atoms with Gasteiger partial charge in [0, 0.05) is 12.5 Å². The van der Waals surface area contributed by atoms with Gasteiger partial charge < -0.3 is 5.32 Å². The first-order valence-corrected chi connectivity index (χ1v) is 3.89. The fourth-order valence-corrected chi connectivity index (χ4v) is 0.639. The molecule has 0 aliphatic carbocycles. The van der Waals surface area contributed by atoms with Crippen molar-refractivity contribution in [1.29, 1.82) is 0 Å². The number of hydrogen-bond donors (Lipinski definition) is 1. The van der Waals surface area contributed by atoms with Gasteiger partial charge in [-0.05, 0) is 19.9 Å². The fraction of sp³-hybridized carbons (Fsp3) is 0.875. The van der Waals surface area contributed by atoms with Crippen LogP contribution in [-0.4, -0.2) is 18.9 Å². The van der Waals surface area contributed by atoms with Gasteiger partial charge in [-0.2, -0.15) is 0 Å². The third-order valence-electron chi connectivity index (χ3n) is 1.57. The SMILES string of the molecule is CCCNC[C@@H](C)C(C)=O. The van der Waals surface area contributed by atoms with Crippen molar-refractivity contribution in [2.75, 3.05) is 13.1 Å². The van der Waals surface area contributed by atoms with E-state index in [-0.39, 0.29) is 11.7 Å². The molecule has 0 bridgehead atoms. The molecular formula is C8H17NO. The molecule has 0 aromatic rings. The lowest BCUT2D eigenvalue weighted by atomic mass is 10.1. The van der Waals surface area contributed by atoms with Crippen LogP contribution < -0.4 is 5.32 Å². The minimum Gasteiger partial charge on any atom is -0.316 e. The lowest BCUT2D eigenvalue weighted by Crippen LogP contribution is -2.25. The minimum atomic E-state index is 0.173. The molecule has 0 aliphatic heterocycles. The fourth-order valence-electron chi connectivity index (χ4n) is 0.639. The van der Waals surface area contributed by atoms with E-state index >= 15 is 0 Å². The molecule has 0 heterocycles. The van der Waals surface area contributed by atoms with Gasteiger partial charge in [0.15, 0.2) is 0 Å². The van der Waals surface area contributed by atoms with Gasteiger partial charge in [-0.1, -0.05) is 13.8 Å². The third kappa shape index (κ3) is 4.50. The van der Waals surface area contributed by atoms with Crippen molar-refractivity contribution in [2.45, 2.75) is 27.2 Å². The van der Waals surface area contributed by atoms with Crippen LogP contribution in [-0.2, 0) is 4.79 Å². The third-order valence-corrected chi connectivity index (χ3v) is 1.57. The van der Waals surface area contributed by atoms with Crippen molar-refractivity contribution in [3.8, 4) is 0 Å². The molecule has 0 rings (SSSR count). The Bertz CT molecular complexity index is 101. The van der Waals surface area contributed by atoms with Crippen LogP contribution in [0.15, 0.2) is 0 Å². The summed E-state index contributed by atoms with van der Waals surface area (Å²) in [5.41, 5.74) is 0. The molecule has 10 heavy (non-hydrogen) atoms. The van der Waals surface area contributed by atoms with Gasteiger partial charge in [0.2, 0.25) is 0 Å². The molecule has 0 aromatic carbocycles. The second-order valence-corrected chi connectivity index (χ2v) is 2.72. The first-order valence-electron chi connectivity index (χ1n) is 3.89. The molecule has 1 atom stereocenters. The van der Waals surface area contributed by atoms with Gasteiger partial charge in [0.25, 0.3) is 0 Å². The van der Waals surface area contributed by atoms with Crippen LogP contribution in [0.2, 0.25) is 0 Å². The molecule has 0 saturated carbocycles. The summed E-state index contributed by atoms with van der Waals surface area (Å²) < 4.78 is 0. The Balaban J connectivity index is 3.21. The van der Waals surface area contributed by atoms with E-state index in [9.17, 15) is 4.79 Å². The van der Waals surface area contributed by atoms with E-state index in [0.717, 1.165) is 19.5 Å². The Morgan fingerprint density at radius 1 is 1.60 bits per heavy atom. The van der Waals surface area contributed by atoms with Crippen LogP contribution in [0.1, 0.15) is 27.2 Å². The number of rotatable bonds is 5. The second-order valence-electron chi connectivity index (χ2n) is 2.72. The number of carbonyl (C=O) groups is 1. The smallest absolute Gasteiger partial charge is 0.133 e. The van der Waals surface area contributed by atoms with Gasteiger partial charge >= 0.3 is 0 Å². The average molecular weight is 143 g/mol. The van der Waals surface area contributed by atoms with E-state index in [1.807, 2.05) is 6.92 Å². The second kappa shape index (κ2) is 5.42. The van der Waals surface area contributed by atoms with Crippen LogP contribution in [0.25, 0.3) is 0 Å². The first kappa shape index (κ1) is 9.63. The number of Topliss-reactive ketones (excluding diaryl/α,β-unsaturated/α-hetero) is 1. The molecule has 0 fully saturated rings. The van der Waals surface area contributed by atoms with Crippen molar-refractivity contribution in [2.24, 2.45) is 5.92 Å². The summed E-state index contributed by atoms with van der Waals surface area (Å²) in [6.45, 7) is 7.54. The number of ketones is 1. The maximum atomic E-state index is 10.7. The molecule has 0 spiro atoms. The molecule has 0 radical (unpaired) electrons. The van der Waals surface area contributed by atoms with E-state index in [1.165, 1.54) is 0 Å². The zero-order valence-electron chi connectivity index (χ0n) is 7.11. The number of nitrogens with one attached hydrogen (secondary N) is 1. The molecule has 0 amide bonds. The summed E-state index contributed by atoms with van der Waals surface area (Å²) in [5, 5.41) is 3.20. The quantitative estimate of drug-likeness (QED) is 0.586. The van der Waals surface area contributed by atoms with Crippen LogP contribution in [0.3, 0.4) is 0 Å². The van der Waals surface area contributed by atoms with E-state index in [0.29, 0.717) is 0 Å². The number of carbonyl (C=O) groups excluding carboxylic acids is 1. The molecule has 60 valence electrons. The zero-order chi connectivity index (χ0) is 7.98. The van der Waals surface area contributed by atoms with Gasteiger partial charge in [-0.25, -0.2) is 0 Å². The predicted octanol–water partition coefficient (Wildman–Crippen LogP) is 1.21. The topological polar surface area (TPSA) is 29.1 Å². The molecule has 2 heteroatoms. The molecule has 1 N–H and O–H groups in total. The Morgan fingerprint density at radius 3 is 2.60 bits per heavy atom. The van der Waals surface area contributed by atoms with Gasteiger partial charge in [0.05, 0.1) is 0 Å². The van der Waals surface area contributed by atoms with Crippen molar-refractivity contribution < 1.29 is 4.79 Å². The molecule has 2 nitrogen and oxygen atoms in total. The van der Waals surface area contributed by atoms with E-state index in [2.05, 4.69) is 12.2 Å². The summed E-state index contributed by atoms with van der Waals surface area (Å²) >= 11 is 0. The predicted molar refractivity (Wildman–Crippen MR) is 43.0 cm³/mol. The monoisotopic (exact) mass is 143 g/mol. The lowest BCUT2D eigenvalue weighted by Gasteiger charge is -2.07. The molecule has 0 aromatic heterocycles. The normalized spacial score (nSPS) is 13.1. The maximum absolute atomic E-state index is 10.7. The average Bonchev–Trinajstić information content (AvgIpc) is 1.88. The molecule has 0 aliphatic rings. The number of hydrogen-bond acceptors (Lipinski definition) is 2. The minimum absolute atomic E-state index is 0.173. The standard InChI is InChI=1S/C8H17NO/c1-4-5-9-6-7(2)8(3)10/h7,9H,4-6H2,1-3H3/t7-/m1/s1. The van der Waals surface area contributed by atoms with Gasteiger partial charge in [-0.15, -0.1) is 0 Å². The van der Waals surface area contributed by atoms with Crippen LogP contribution in [0, 0.1) is 5.92 Å². The maximum Gasteiger partial charge on any atom is 0.133 e. The van der Waals surface area contributed by atoms with E-state index < -0.39 is 0 Å². The van der Waals surface area contributed by atoms with E-state index in [4.69, 9.17) is 0 Å². The van der Waals surface area contributed by atoms with Gasteiger partial charge in [-0.3, -0.25) is 4.79 Å². The zero-order valence-corrected chi connectivity index (χ0v) is 7.11. The van der Waals surface area contributed by atoms with Crippen LogP contribution in [0.5, 0.6) is 0 Å². The summed E-state index contributed by atoms with van der Waals surface area (Å²) in [7, 11) is 0. The highest BCUT2D eigenvalue weighted by Gasteiger charge is 2.04. The summed E-state index contributed by atoms with van der Waals surface area (Å²) in [6.07, 6.45) is 1.13. The van der Waals surface area contributed by atoms with Gasteiger partial charge in [0.1, 0.15) is 5.78 Å². The van der Waals surface area contributed by atoms with Crippen molar-refractivity contribution in [3.63, 3.8) is 0 Å². The molecule has 0 unspecified atom stereocenters. The lowest BCUT2D eigenvalue weighted by molar-refractivity contribution is -0.120. The first-order chi connectivity index (χ1) is 4.68. The van der Waals surface area contributed by atoms with Crippen LogP contribution in [0.4, 0.5) is 0 Å². The molecule has 0 saturated heterocycles. The Labute approximate surface area is 63.0 Å². The highest BCUT2D eigenvalue weighted by Crippen LogP contribution is 1.92. The largest absolute Gasteiger partial charge is 0.316 e. The summed E-state index contributed by atoms with van der Waals surface area (Å²) in [4.78, 5) is 10.7. The van der Waals surface area contributed by atoms with Crippen molar-refractivity contribution in [1.82, 2.24) is 5.32 Å². The van der Waals surface area contributed by atoms with Crippen molar-refractivity contribution >= 4 is 5.78 Å². The van der Waals surface area contributed by atoms with E-state index in [1.54, 1.807) is 6.92 Å². The van der Waals surface area contributed by atoms with Crippen molar-refractivity contribution in [3.05, 3.63) is 0 Å². The summed E-state index contributed by atoms with van der Waals surface area (Å²) in [5.74, 6) is 0.440. The van der Waals surface area contributed by atoms with Crippen LogP contribution >= 0.6 is 0 Å².